The molecule has 1 heterocycles. The van der Waals surface area contributed by atoms with Crippen molar-refractivity contribution in [2.75, 3.05) is 25.6 Å². The van der Waals surface area contributed by atoms with E-state index in [1.165, 1.54) is 18.3 Å². The van der Waals surface area contributed by atoms with Gasteiger partial charge in [-0.15, -0.1) is 0 Å². The third-order valence-electron chi connectivity index (χ3n) is 2.75. The van der Waals surface area contributed by atoms with Crippen LogP contribution in [0.3, 0.4) is 0 Å². The number of hydrogen-bond acceptors (Lipinski definition) is 4. The summed E-state index contributed by atoms with van der Waals surface area (Å²) in [5.41, 5.74) is 0.394. The number of nitrogens with zero attached hydrogens (tertiary/aromatic N) is 2. The molecule has 7 heteroatoms. The molecule has 1 N–H and O–H groups in total. The van der Waals surface area contributed by atoms with E-state index in [0.717, 1.165) is 12.1 Å². The van der Waals surface area contributed by atoms with Crippen molar-refractivity contribution in [1.82, 2.24) is 9.97 Å². The van der Waals surface area contributed by atoms with Gasteiger partial charge in [0, 0.05) is 19.2 Å². The Morgan fingerprint density at radius 2 is 1.86 bits per heavy atom. The number of benzene rings is 1. The van der Waals surface area contributed by atoms with Crippen molar-refractivity contribution in [2.45, 2.75) is 6.18 Å². The first-order valence-corrected chi connectivity index (χ1v) is 6.23. The van der Waals surface area contributed by atoms with E-state index in [9.17, 15) is 13.2 Å². The zero-order valence-electron chi connectivity index (χ0n) is 11.3. The molecule has 4 nitrogen and oxygen atoms in total. The van der Waals surface area contributed by atoms with Crippen molar-refractivity contribution in [2.24, 2.45) is 0 Å². The van der Waals surface area contributed by atoms with Crippen molar-refractivity contribution in [1.29, 1.82) is 0 Å². The zero-order chi connectivity index (χ0) is 15.3. The Kier molecular flexibility index (Phi) is 4.74. The van der Waals surface area contributed by atoms with Crippen molar-refractivity contribution in [3.63, 3.8) is 0 Å². The van der Waals surface area contributed by atoms with Gasteiger partial charge in [0.1, 0.15) is 5.82 Å². The summed E-state index contributed by atoms with van der Waals surface area (Å²) in [6.45, 7) is 1.09. The molecule has 0 aliphatic rings. The fourth-order valence-electron chi connectivity index (χ4n) is 1.70. The quantitative estimate of drug-likeness (QED) is 0.861. The number of alkyl halides is 3. The number of ether oxygens (including phenoxy) is 1. The van der Waals surface area contributed by atoms with Crippen molar-refractivity contribution in [3.8, 4) is 11.3 Å². The minimum Gasteiger partial charge on any atom is -0.383 e. The normalized spacial score (nSPS) is 11.4. The van der Waals surface area contributed by atoms with Gasteiger partial charge >= 0.3 is 6.18 Å². The number of rotatable bonds is 5. The number of nitrogens with one attached hydrogen (secondary N) is 1. The molecule has 0 aliphatic heterocycles. The minimum absolute atomic E-state index is 0.506. The highest BCUT2D eigenvalue weighted by atomic mass is 19.4. The molecular weight excluding hydrogens is 283 g/mol. The Morgan fingerprint density at radius 1 is 1.14 bits per heavy atom. The molecule has 2 rings (SSSR count). The van der Waals surface area contributed by atoms with Crippen LogP contribution in [0.4, 0.5) is 19.0 Å². The van der Waals surface area contributed by atoms with Crippen molar-refractivity contribution in [3.05, 3.63) is 42.2 Å². The molecule has 0 radical (unpaired) electrons. The van der Waals surface area contributed by atoms with E-state index in [1.807, 2.05) is 0 Å². The van der Waals surface area contributed by atoms with Crippen LogP contribution in [0.5, 0.6) is 0 Å². The molecule has 0 spiro atoms. The molecule has 112 valence electrons. The van der Waals surface area contributed by atoms with Crippen LogP contribution >= 0.6 is 0 Å². The molecule has 0 aliphatic carbocycles. The summed E-state index contributed by atoms with van der Waals surface area (Å²) in [5.74, 6) is 0.546. The average Bonchev–Trinajstić information content (AvgIpc) is 2.47. The van der Waals surface area contributed by atoms with Crippen LogP contribution in [0.2, 0.25) is 0 Å². The first-order chi connectivity index (χ1) is 10.0. The summed E-state index contributed by atoms with van der Waals surface area (Å²) in [6, 6.07) is 4.82. The maximum absolute atomic E-state index is 12.5. The topological polar surface area (TPSA) is 47.0 Å². The van der Waals surface area contributed by atoms with Crippen LogP contribution in [0, 0.1) is 0 Å². The van der Waals surface area contributed by atoms with Gasteiger partial charge in [-0.25, -0.2) is 4.98 Å². The predicted molar refractivity (Wildman–Crippen MR) is 72.8 cm³/mol. The second-order valence-electron chi connectivity index (χ2n) is 4.28. The monoisotopic (exact) mass is 297 g/mol. The number of anilines is 1. The molecule has 2 aromatic rings. The SMILES string of the molecule is COCCNc1cncc(-c2ccc(C(F)(F)F)cc2)n1. The van der Waals surface area contributed by atoms with E-state index in [4.69, 9.17) is 4.74 Å². The Balaban J connectivity index is 2.16. The van der Waals surface area contributed by atoms with Crippen molar-refractivity contribution < 1.29 is 17.9 Å². The number of methoxy groups -OCH3 is 1. The van der Waals surface area contributed by atoms with Gasteiger partial charge in [-0.2, -0.15) is 13.2 Å². The van der Waals surface area contributed by atoms with E-state index in [2.05, 4.69) is 15.3 Å². The highest BCUT2D eigenvalue weighted by Crippen LogP contribution is 2.30. The third kappa shape index (κ3) is 4.16. The maximum atomic E-state index is 12.5. The van der Waals surface area contributed by atoms with E-state index < -0.39 is 11.7 Å². The first kappa shape index (κ1) is 15.2. The number of aromatic nitrogens is 2. The molecule has 1 aromatic heterocycles. The Bertz CT molecular complexity index is 585. The summed E-state index contributed by atoms with van der Waals surface area (Å²) in [7, 11) is 1.59. The summed E-state index contributed by atoms with van der Waals surface area (Å²) >= 11 is 0. The van der Waals surface area contributed by atoms with Crippen LogP contribution in [-0.2, 0) is 10.9 Å². The molecule has 0 saturated heterocycles. The number of halogens is 3. The lowest BCUT2D eigenvalue weighted by Crippen LogP contribution is -2.09. The average molecular weight is 297 g/mol. The third-order valence-corrected chi connectivity index (χ3v) is 2.75. The van der Waals surface area contributed by atoms with Gasteiger partial charge in [0.25, 0.3) is 0 Å². The van der Waals surface area contributed by atoms with Gasteiger partial charge in [-0.1, -0.05) is 12.1 Å². The fraction of sp³-hybridized carbons (Fsp3) is 0.286. The Hall–Kier alpha value is -2.15. The fourth-order valence-corrected chi connectivity index (χ4v) is 1.70. The second-order valence-corrected chi connectivity index (χ2v) is 4.28. The van der Waals surface area contributed by atoms with E-state index in [0.29, 0.717) is 30.2 Å². The van der Waals surface area contributed by atoms with Crippen molar-refractivity contribution >= 4 is 5.82 Å². The summed E-state index contributed by atoms with van der Waals surface area (Å²) in [6.07, 6.45) is -1.29. The van der Waals surface area contributed by atoms with Crippen LogP contribution < -0.4 is 5.32 Å². The lowest BCUT2D eigenvalue weighted by Gasteiger charge is -2.08. The molecule has 0 saturated carbocycles. The molecule has 0 fully saturated rings. The summed E-state index contributed by atoms with van der Waals surface area (Å²) in [4.78, 5) is 8.32. The highest BCUT2D eigenvalue weighted by molar-refractivity contribution is 5.60. The van der Waals surface area contributed by atoms with Gasteiger partial charge < -0.3 is 10.1 Å². The van der Waals surface area contributed by atoms with Crippen LogP contribution in [0.1, 0.15) is 5.56 Å². The van der Waals surface area contributed by atoms with Crippen LogP contribution in [0.15, 0.2) is 36.7 Å². The molecule has 0 bridgehead atoms. The maximum Gasteiger partial charge on any atom is 0.416 e. The first-order valence-electron chi connectivity index (χ1n) is 6.23. The predicted octanol–water partition coefficient (Wildman–Crippen LogP) is 3.22. The second kappa shape index (κ2) is 6.53. The van der Waals surface area contributed by atoms with Crippen LogP contribution in [-0.4, -0.2) is 30.2 Å². The minimum atomic E-state index is -4.34. The summed E-state index contributed by atoms with van der Waals surface area (Å²) < 4.78 is 42.4. The molecular formula is C14H14F3N3O. The smallest absolute Gasteiger partial charge is 0.383 e. The highest BCUT2D eigenvalue weighted by Gasteiger charge is 2.29. The standard InChI is InChI=1S/C14H14F3N3O/c1-21-7-6-19-13-9-18-8-12(20-13)10-2-4-11(5-3-10)14(15,16)17/h2-5,8-9H,6-7H2,1H3,(H,19,20). The largest absolute Gasteiger partial charge is 0.416 e. The molecule has 0 amide bonds. The molecule has 1 aromatic carbocycles. The Labute approximate surface area is 120 Å². The Morgan fingerprint density at radius 3 is 2.48 bits per heavy atom. The van der Waals surface area contributed by atoms with E-state index in [-0.39, 0.29) is 0 Å². The van der Waals surface area contributed by atoms with Gasteiger partial charge in [-0.05, 0) is 12.1 Å². The molecule has 21 heavy (non-hydrogen) atoms. The lowest BCUT2D eigenvalue weighted by atomic mass is 10.1. The van der Waals surface area contributed by atoms with Gasteiger partial charge in [-0.3, -0.25) is 4.98 Å². The van der Waals surface area contributed by atoms with E-state index >= 15 is 0 Å². The molecule has 0 atom stereocenters. The van der Waals surface area contributed by atoms with Gasteiger partial charge in [0.05, 0.1) is 30.3 Å². The molecule has 0 unspecified atom stereocenters. The zero-order valence-corrected chi connectivity index (χ0v) is 11.3. The van der Waals surface area contributed by atoms with Gasteiger partial charge in [0.2, 0.25) is 0 Å². The number of hydrogen-bond donors (Lipinski definition) is 1. The lowest BCUT2D eigenvalue weighted by molar-refractivity contribution is -0.137. The summed E-state index contributed by atoms with van der Waals surface area (Å²) in [5, 5.41) is 3.01. The van der Waals surface area contributed by atoms with Gasteiger partial charge in [0.15, 0.2) is 0 Å². The van der Waals surface area contributed by atoms with E-state index in [1.54, 1.807) is 13.3 Å². The van der Waals surface area contributed by atoms with Crippen LogP contribution in [0.25, 0.3) is 11.3 Å².